The number of ketones is 1. The van der Waals surface area contributed by atoms with Gasteiger partial charge >= 0.3 is 0 Å². The first kappa shape index (κ1) is 29.3. The third-order valence-electron chi connectivity index (χ3n) is 10.0. The number of hydrogen-bond acceptors (Lipinski definition) is 5. The third-order valence-corrected chi connectivity index (χ3v) is 10.0. The SMILES string of the molecule is CCC(CC)OC[C@H]1CCCC2C(CC(=O)c3cccc(CN4C(=O)C(c5ccccc5)(c5ccccc5)N=C4N)c3)C21. The number of aliphatic imine (C=N–C) groups is 1. The molecule has 3 aromatic carbocycles. The van der Waals surface area contributed by atoms with E-state index in [1.54, 1.807) is 4.90 Å². The molecule has 0 radical (unpaired) electrons. The van der Waals surface area contributed by atoms with E-state index in [1.165, 1.54) is 19.3 Å². The predicted molar refractivity (Wildman–Crippen MR) is 169 cm³/mol. The smallest absolute Gasteiger partial charge is 0.266 e. The van der Waals surface area contributed by atoms with Gasteiger partial charge in [-0.25, -0.2) is 4.99 Å². The number of hydrogen-bond donors (Lipinski definition) is 1. The molecule has 6 rings (SSSR count). The van der Waals surface area contributed by atoms with Crippen LogP contribution in [0, 0.1) is 23.7 Å². The van der Waals surface area contributed by atoms with Crippen LogP contribution in [-0.4, -0.2) is 35.3 Å². The average Bonchev–Trinajstić information content (AvgIpc) is 3.69. The highest BCUT2D eigenvalue weighted by molar-refractivity contribution is 6.09. The maximum atomic E-state index is 14.2. The lowest BCUT2D eigenvalue weighted by Crippen LogP contribution is -2.43. The Morgan fingerprint density at radius 3 is 2.30 bits per heavy atom. The molecule has 6 nitrogen and oxygen atoms in total. The van der Waals surface area contributed by atoms with E-state index in [9.17, 15) is 9.59 Å². The third kappa shape index (κ3) is 5.65. The van der Waals surface area contributed by atoms with E-state index >= 15 is 0 Å². The molecule has 2 fully saturated rings. The number of Topliss-reactive ketones (excluding diaryl/α,β-unsaturated/α-hetero) is 1. The van der Waals surface area contributed by atoms with Gasteiger partial charge in [0, 0.05) is 12.0 Å². The molecule has 3 unspecified atom stereocenters. The van der Waals surface area contributed by atoms with Crippen molar-refractivity contribution in [2.24, 2.45) is 34.4 Å². The van der Waals surface area contributed by atoms with Gasteiger partial charge in [-0.3, -0.25) is 14.5 Å². The van der Waals surface area contributed by atoms with Crippen LogP contribution in [0.2, 0.25) is 0 Å². The number of benzene rings is 3. The molecule has 6 heteroatoms. The minimum atomic E-state index is -1.24. The normalized spacial score (nSPS) is 24.1. The first-order valence-electron chi connectivity index (χ1n) is 16.0. The summed E-state index contributed by atoms with van der Waals surface area (Å²) in [4.78, 5) is 34.1. The first-order chi connectivity index (χ1) is 21.0. The summed E-state index contributed by atoms with van der Waals surface area (Å²) in [6.45, 7) is 5.46. The van der Waals surface area contributed by atoms with Crippen LogP contribution in [0.3, 0.4) is 0 Å². The number of carbonyl (C=O) groups is 2. The average molecular weight is 578 g/mol. The lowest BCUT2D eigenvalue weighted by Gasteiger charge is -2.27. The summed E-state index contributed by atoms with van der Waals surface area (Å²) >= 11 is 0. The summed E-state index contributed by atoms with van der Waals surface area (Å²) in [6.07, 6.45) is 6.70. The zero-order valence-electron chi connectivity index (χ0n) is 25.3. The van der Waals surface area contributed by atoms with Crippen LogP contribution < -0.4 is 5.73 Å². The zero-order chi connectivity index (χ0) is 30.0. The Labute approximate surface area is 255 Å². The van der Waals surface area contributed by atoms with Gasteiger partial charge in [-0.2, -0.15) is 0 Å². The van der Waals surface area contributed by atoms with Crippen molar-refractivity contribution in [1.29, 1.82) is 0 Å². The van der Waals surface area contributed by atoms with Gasteiger partial charge in [0.2, 0.25) is 0 Å². The summed E-state index contributed by atoms with van der Waals surface area (Å²) in [5.74, 6) is 2.45. The van der Waals surface area contributed by atoms with Gasteiger partial charge < -0.3 is 10.5 Å². The predicted octanol–water partition coefficient (Wildman–Crippen LogP) is 6.73. The maximum absolute atomic E-state index is 14.2. The van der Waals surface area contributed by atoms with Crippen molar-refractivity contribution in [1.82, 2.24) is 4.90 Å². The fraction of sp³-hybridized carbons (Fsp3) is 0.432. The number of ether oxygens (including phenoxy) is 1. The van der Waals surface area contributed by atoms with Crippen LogP contribution in [-0.2, 0) is 21.6 Å². The fourth-order valence-corrected chi connectivity index (χ4v) is 7.65. The second kappa shape index (κ2) is 12.5. The Hall–Kier alpha value is -3.77. The molecule has 2 N–H and O–H groups in total. The maximum Gasteiger partial charge on any atom is 0.266 e. The van der Waals surface area contributed by atoms with Crippen molar-refractivity contribution in [2.45, 2.75) is 70.6 Å². The van der Waals surface area contributed by atoms with Gasteiger partial charge in [0.25, 0.3) is 5.91 Å². The number of carbonyl (C=O) groups excluding carboxylic acids is 2. The van der Waals surface area contributed by atoms with Crippen LogP contribution in [0.4, 0.5) is 0 Å². The van der Waals surface area contributed by atoms with Gasteiger partial charge in [0.05, 0.1) is 19.3 Å². The molecular weight excluding hydrogens is 534 g/mol. The van der Waals surface area contributed by atoms with E-state index in [0.29, 0.717) is 41.8 Å². The van der Waals surface area contributed by atoms with E-state index in [1.807, 2.05) is 84.9 Å². The summed E-state index contributed by atoms with van der Waals surface area (Å²) in [5.41, 5.74) is 8.33. The van der Waals surface area contributed by atoms with Crippen molar-refractivity contribution in [2.75, 3.05) is 6.61 Å². The van der Waals surface area contributed by atoms with Crippen molar-refractivity contribution in [3.8, 4) is 0 Å². The van der Waals surface area contributed by atoms with E-state index in [2.05, 4.69) is 13.8 Å². The zero-order valence-corrected chi connectivity index (χ0v) is 25.3. The number of nitrogens with two attached hydrogens (primary N) is 1. The monoisotopic (exact) mass is 577 g/mol. The van der Waals surface area contributed by atoms with Crippen LogP contribution in [0.25, 0.3) is 0 Å². The molecule has 1 aliphatic heterocycles. The first-order valence-corrected chi connectivity index (χ1v) is 16.0. The molecule has 4 atom stereocenters. The van der Waals surface area contributed by atoms with Gasteiger partial charge in [-0.05, 0) is 72.1 Å². The Balaban J connectivity index is 1.15. The topological polar surface area (TPSA) is 85.0 Å². The summed E-state index contributed by atoms with van der Waals surface area (Å²) in [6, 6.07) is 26.8. The van der Waals surface area contributed by atoms with Crippen molar-refractivity contribution in [3.63, 3.8) is 0 Å². The Morgan fingerprint density at radius 1 is 0.977 bits per heavy atom. The number of rotatable bonds is 12. The molecule has 0 aromatic heterocycles. The van der Waals surface area contributed by atoms with E-state index in [4.69, 9.17) is 15.5 Å². The molecule has 224 valence electrons. The Morgan fingerprint density at radius 2 is 1.65 bits per heavy atom. The summed E-state index contributed by atoms with van der Waals surface area (Å²) in [7, 11) is 0. The number of amides is 1. The second-order valence-corrected chi connectivity index (χ2v) is 12.5. The van der Waals surface area contributed by atoms with Gasteiger partial charge in [-0.1, -0.05) is 99.1 Å². The fourth-order valence-electron chi connectivity index (χ4n) is 7.65. The van der Waals surface area contributed by atoms with Crippen molar-refractivity contribution in [3.05, 3.63) is 107 Å². The molecule has 2 aliphatic carbocycles. The summed E-state index contributed by atoms with van der Waals surface area (Å²) in [5, 5.41) is 0. The standard InChI is InChI=1S/C37H43N3O3/c1-3-30(4-2)43-24-27-15-12-20-31-32(34(27)31)22-33(41)26-14-11-13-25(21-26)23-40-35(42)37(39-36(40)38,28-16-7-5-8-17-28)29-18-9-6-10-19-29/h5-11,13-14,16-19,21,27,30-32,34H,3-4,12,15,20,22-24H2,1-2H3,(H2,38,39)/t27-,31?,32?,34?/m1/s1. The molecule has 3 aromatic rings. The molecule has 1 heterocycles. The molecule has 1 amide bonds. The van der Waals surface area contributed by atoms with Gasteiger partial charge in [0.15, 0.2) is 17.3 Å². The largest absolute Gasteiger partial charge is 0.378 e. The van der Waals surface area contributed by atoms with Crippen LogP contribution in [0.5, 0.6) is 0 Å². The summed E-state index contributed by atoms with van der Waals surface area (Å²) < 4.78 is 6.25. The lowest BCUT2D eigenvalue weighted by molar-refractivity contribution is -0.130. The molecule has 0 saturated heterocycles. The molecule has 43 heavy (non-hydrogen) atoms. The number of guanidine groups is 1. The van der Waals surface area contributed by atoms with E-state index in [-0.39, 0.29) is 24.2 Å². The van der Waals surface area contributed by atoms with E-state index < -0.39 is 5.54 Å². The molecule has 0 spiro atoms. The van der Waals surface area contributed by atoms with Crippen molar-refractivity contribution < 1.29 is 14.3 Å². The molecular formula is C37H43N3O3. The van der Waals surface area contributed by atoms with Crippen LogP contribution >= 0.6 is 0 Å². The minimum Gasteiger partial charge on any atom is -0.378 e. The highest BCUT2D eigenvalue weighted by atomic mass is 16.5. The Bertz CT molecular complexity index is 1430. The van der Waals surface area contributed by atoms with Gasteiger partial charge in [0.1, 0.15) is 0 Å². The van der Waals surface area contributed by atoms with Crippen LogP contribution in [0.1, 0.15) is 79.4 Å². The molecule has 0 bridgehead atoms. The quantitative estimate of drug-likeness (QED) is 0.242. The lowest BCUT2D eigenvalue weighted by atomic mass is 9.83. The Kier molecular flexibility index (Phi) is 8.49. The van der Waals surface area contributed by atoms with Crippen molar-refractivity contribution >= 4 is 17.6 Å². The molecule has 2 saturated carbocycles. The minimum absolute atomic E-state index is 0.179. The van der Waals surface area contributed by atoms with Crippen LogP contribution in [0.15, 0.2) is 89.9 Å². The number of nitrogens with zero attached hydrogens (tertiary/aromatic N) is 2. The highest BCUT2D eigenvalue weighted by Gasteiger charge is 2.55. The second-order valence-electron chi connectivity index (χ2n) is 12.5. The van der Waals surface area contributed by atoms with Gasteiger partial charge in [-0.15, -0.1) is 0 Å². The van der Waals surface area contributed by atoms with E-state index in [0.717, 1.165) is 36.1 Å². The molecule has 3 aliphatic rings. The highest BCUT2D eigenvalue weighted by Crippen LogP contribution is 2.60. The number of fused-ring (bicyclic) bond motifs is 1.